The Hall–Kier alpha value is -1.09. The van der Waals surface area contributed by atoms with Gasteiger partial charge in [0.05, 0.1) is 0 Å². The van der Waals surface area contributed by atoms with Gasteiger partial charge in [0.1, 0.15) is 0 Å². The van der Waals surface area contributed by atoms with E-state index in [2.05, 4.69) is 48.4 Å². The molecule has 3 radical (unpaired) electrons. The summed E-state index contributed by atoms with van der Waals surface area (Å²) in [4.78, 5) is 9.32. The molecule has 0 spiro atoms. The van der Waals surface area contributed by atoms with Gasteiger partial charge in [-0.3, -0.25) is 4.79 Å². The van der Waals surface area contributed by atoms with Crippen LogP contribution >= 0.6 is 0 Å². The predicted octanol–water partition coefficient (Wildman–Crippen LogP) is 1.96. The molecule has 0 unspecified atom stereocenters. The Bertz CT molecular complexity index is 250. The van der Waals surface area contributed by atoms with Crippen LogP contribution in [0.25, 0.3) is 0 Å². The van der Waals surface area contributed by atoms with E-state index >= 15 is 0 Å². The largest absolute Gasteiger partial charge is 0.481 e. The smallest absolute Gasteiger partial charge is 0.299 e. The first-order valence-electron chi connectivity index (χ1n) is 3.96. The van der Waals surface area contributed by atoms with Crippen molar-refractivity contribution in [1.82, 2.24) is 0 Å². The van der Waals surface area contributed by atoms with E-state index in [-0.39, 0.29) is 6.04 Å². The van der Waals surface area contributed by atoms with Gasteiger partial charge in [0, 0.05) is 16.3 Å². The predicted molar refractivity (Wildman–Crippen MR) is 54.1 cm³/mol. The second-order valence-corrected chi connectivity index (χ2v) is 3.01. The van der Waals surface area contributed by atoms with Crippen molar-refractivity contribution in [3.8, 4) is 0 Å². The molecule has 1 N–H and O–H groups in total. The molecular weight excluding hydrogens is 180 g/mol. The van der Waals surface area contributed by atoms with Crippen molar-refractivity contribution in [2.24, 2.45) is 0 Å². The van der Waals surface area contributed by atoms with E-state index in [0.29, 0.717) is 0 Å². The van der Waals surface area contributed by atoms with Crippen LogP contribution in [0.3, 0.4) is 0 Å². The number of rotatable bonds is 1. The minimum Gasteiger partial charge on any atom is -0.481 e. The van der Waals surface area contributed by atoms with Crippen LogP contribution in [0.4, 0.5) is 0 Å². The Labute approximate surface area is 82.0 Å². The fourth-order valence-electron chi connectivity index (χ4n) is 0.663. The van der Waals surface area contributed by atoms with Crippen molar-refractivity contribution >= 4 is 16.2 Å². The molecule has 3 heteroatoms. The molecule has 0 atom stereocenters. The van der Waals surface area contributed by atoms with Crippen molar-refractivity contribution in [2.45, 2.75) is 19.9 Å². The number of aliphatic carboxylic acids is 1. The third kappa shape index (κ3) is 6.10. The maximum Gasteiger partial charge on any atom is 0.299 e. The molecule has 1 aromatic rings. The Morgan fingerprint density at radius 3 is 1.77 bits per heavy atom. The second kappa shape index (κ2) is 6.43. The minimum absolute atomic E-state index is 0.0278. The van der Waals surface area contributed by atoms with Gasteiger partial charge < -0.3 is 5.11 Å². The highest BCUT2D eigenvalue weighted by molar-refractivity contribution is 6.18. The zero-order valence-electron chi connectivity index (χ0n) is 7.87. The van der Waals surface area contributed by atoms with Gasteiger partial charge in [0.15, 0.2) is 0 Å². The average Bonchev–Trinajstić information content (AvgIpc) is 2.11. The van der Waals surface area contributed by atoms with Gasteiger partial charge in [-0.2, -0.15) is 0 Å². The Morgan fingerprint density at radius 1 is 1.31 bits per heavy atom. The van der Waals surface area contributed by atoms with Crippen molar-refractivity contribution in [2.75, 3.05) is 0 Å². The molecule has 0 aromatic heterocycles. The maximum absolute atomic E-state index is 9.32. The molecule has 0 heterocycles. The highest BCUT2D eigenvalue weighted by Gasteiger charge is 1.83. The van der Waals surface area contributed by atoms with E-state index in [1.807, 2.05) is 0 Å². The molecule has 0 saturated heterocycles. The summed E-state index contributed by atoms with van der Waals surface area (Å²) in [6, 6.07) is 8.38. The van der Waals surface area contributed by atoms with Gasteiger partial charge in [-0.1, -0.05) is 24.3 Å². The van der Waals surface area contributed by atoms with Crippen LogP contribution in [-0.4, -0.2) is 21.3 Å². The Morgan fingerprint density at radius 2 is 1.62 bits per heavy atom. The summed E-state index contributed by atoms with van der Waals surface area (Å²) in [6.45, 7) is 4.24. The molecule has 0 amide bonds. The molecule has 0 fully saturated rings. The fourth-order valence-corrected chi connectivity index (χ4v) is 0.663. The molecule has 0 aliphatic rings. The summed E-state index contributed by atoms with van der Waals surface area (Å²) in [5, 5.41) is 7.67. The van der Waals surface area contributed by atoms with E-state index in [9.17, 15) is 4.79 Å². The van der Waals surface area contributed by atoms with E-state index in [0.717, 1.165) is 0 Å². The third-order valence-electron chi connectivity index (χ3n) is 1.58. The van der Waals surface area contributed by atoms with Crippen LogP contribution in [0.2, 0.25) is 6.04 Å². The van der Waals surface area contributed by atoms with E-state index in [4.69, 9.17) is 5.11 Å². The minimum atomic E-state index is -0.832. The Kier molecular flexibility index (Phi) is 5.89. The number of aryl methyl sites for hydroxylation is 2. The number of carbonyl (C=O) groups is 1. The van der Waals surface area contributed by atoms with Gasteiger partial charge in [-0.05, 0) is 25.0 Å². The van der Waals surface area contributed by atoms with Crippen LogP contribution in [0.5, 0.6) is 0 Å². The van der Waals surface area contributed by atoms with E-state index < -0.39 is 5.97 Å². The Balaban J connectivity index is 0.000000252. The van der Waals surface area contributed by atoms with Gasteiger partial charge in [-0.15, -0.1) is 0 Å². The van der Waals surface area contributed by atoms with Crippen molar-refractivity contribution in [3.05, 3.63) is 35.4 Å². The monoisotopic (exact) mass is 193 g/mol. The lowest BCUT2D eigenvalue weighted by Gasteiger charge is -1.93. The third-order valence-corrected chi connectivity index (χ3v) is 1.88. The molecule has 0 saturated carbocycles. The van der Waals surface area contributed by atoms with Crippen LogP contribution in [0.1, 0.15) is 11.1 Å². The van der Waals surface area contributed by atoms with Crippen molar-refractivity contribution < 1.29 is 9.90 Å². The molecule has 0 aliphatic carbocycles. The van der Waals surface area contributed by atoms with Crippen LogP contribution in [0, 0.1) is 13.8 Å². The lowest BCUT2D eigenvalue weighted by atomic mass is 10.1. The molecule has 0 bridgehead atoms. The highest BCUT2D eigenvalue weighted by atomic mass is 28.1. The van der Waals surface area contributed by atoms with Gasteiger partial charge in [0.25, 0.3) is 5.97 Å². The lowest BCUT2D eigenvalue weighted by Crippen LogP contribution is -1.89. The van der Waals surface area contributed by atoms with Crippen LogP contribution in [-0.2, 0) is 4.79 Å². The van der Waals surface area contributed by atoms with Gasteiger partial charge in [-0.25, -0.2) is 0 Å². The van der Waals surface area contributed by atoms with Gasteiger partial charge >= 0.3 is 0 Å². The topological polar surface area (TPSA) is 37.3 Å². The quantitative estimate of drug-likeness (QED) is 0.692. The molecule has 1 rings (SSSR count). The number of carboxylic acid groups (broad SMARTS) is 1. The van der Waals surface area contributed by atoms with Gasteiger partial charge in [0.2, 0.25) is 0 Å². The summed E-state index contributed by atoms with van der Waals surface area (Å²) in [6.07, 6.45) is 0. The molecule has 13 heavy (non-hydrogen) atoms. The van der Waals surface area contributed by atoms with Crippen LogP contribution in [0.15, 0.2) is 24.3 Å². The molecular formula is C10H13O2Si. The summed E-state index contributed by atoms with van der Waals surface area (Å²) < 4.78 is 0. The van der Waals surface area contributed by atoms with Crippen LogP contribution < -0.4 is 0 Å². The zero-order valence-corrected chi connectivity index (χ0v) is 8.87. The number of benzene rings is 1. The normalized spacial score (nSPS) is 8.54. The number of hydrogen-bond donors (Lipinski definition) is 1. The molecule has 0 aliphatic heterocycles. The summed E-state index contributed by atoms with van der Waals surface area (Å²) in [5.74, 6) is -0.832. The first kappa shape index (κ1) is 11.9. The zero-order chi connectivity index (χ0) is 10.3. The lowest BCUT2D eigenvalue weighted by molar-refractivity contribution is -0.134. The van der Waals surface area contributed by atoms with E-state index in [1.54, 1.807) is 0 Å². The highest BCUT2D eigenvalue weighted by Crippen LogP contribution is 2.02. The maximum atomic E-state index is 9.32. The number of carboxylic acids is 1. The second-order valence-electron chi connectivity index (χ2n) is 2.65. The first-order valence-corrected chi connectivity index (χ1v) is 4.67. The molecule has 2 nitrogen and oxygen atoms in total. The first-order chi connectivity index (χ1) is 6.07. The standard InChI is InChI=1S/C8H10.C2H3O2Si/c1-7-5-3-4-6-8(7)2;3-2(4)1-5/h3-6H,1-2H3;1H2,(H,3,4). The van der Waals surface area contributed by atoms with Crippen molar-refractivity contribution in [1.29, 1.82) is 0 Å². The summed E-state index contributed by atoms with van der Waals surface area (Å²) in [5.41, 5.74) is 2.74. The molecule has 69 valence electrons. The summed E-state index contributed by atoms with van der Waals surface area (Å²) in [7, 11) is 2.76. The SMILES string of the molecule is Cc1ccccc1C.O=C(O)C[Si]. The fraction of sp³-hybridized carbons (Fsp3) is 0.300. The van der Waals surface area contributed by atoms with E-state index in [1.165, 1.54) is 11.1 Å². The van der Waals surface area contributed by atoms with Crippen molar-refractivity contribution in [3.63, 3.8) is 0 Å². The number of hydrogen-bond acceptors (Lipinski definition) is 1. The summed E-state index contributed by atoms with van der Waals surface area (Å²) >= 11 is 0. The molecule has 1 aromatic carbocycles. The average molecular weight is 193 g/mol.